The van der Waals surface area contributed by atoms with Crippen molar-refractivity contribution in [3.63, 3.8) is 0 Å². The van der Waals surface area contributed by atoms with E-state index in [1.54, 1.807) is 0 Å². The molecule has 6 aromatic rings. The third-order valence-corrected chi connectivity index (χ3v) is 9.50. The lowest BCUT2D eigenvalue weighted by Crippen LogP contribution is -2.50. The lowest BCUT2D eigenvalue weighted by atomic mass is 9.96. The lowest BCUT2D eigenvalue weighted by molar-refractivity contribution is 0.296. The minimum atomic E-state index is -0.122. The standard InChI is InChI=1S/C42H33N5/c1-45-41(30-19-7-3-8-20-30)43-40(29-17-5-2-6-18-29)44-42(45)47-36-27-15-12-24-33(36)38-32-23-11-14-26-35(32)46(31-21-9-4-10-22-31)39(38)34-25-13-16-28-37(34)47/h2-19,21-28,30,41H,20H2,1H3. The van der Waals surface area contributed by atoms with E-state index in [-0.39, 0.29) is 12.1 Å². The van der Waals surface area contributed by atoms with Gasteiger partial charge in [-0.3, -0.25) is 4.90 Å². The number of aliphatic imine (C=N–C) groups is 2. The molecule has 2 atom stereocenters. The smallest absolute Gasteiger partial charge is 0.214 e. The zero-order valence-corrected chi connectivity index (χ0v) is 26.1. The van der Waals surface area contributed by atoms with E-state index >= 15 is 0 Å². The second-order valence-electron chi connectivity index (χ2n) is 12.2. The van der Waals surface area contributed by atoms with Crippen molar-refractivity contribution >= 4 is 34.1 Å². The van der Waals surface area contributed by atoms with Gasteiger partial charge < -0.3 is 9.47 Å². The number of rotatable bonds is 3. The van der Waals surface area contributed by atoms with E-state index in [1.165, 1.54) is 27.7 Å². The van der Waals surface area contributed by atoms with Crippen molar-refractivity contribution in [1.82, 2.24) is 9.47 Å². The number of fused-ring (bicyclic) bond motifs is 7. The van der Waals surface area contributed by atoms with Gasteiger partial charge in [0.05, 0.1) is 22.6 Å². The number of anilines is 2. The molecule has 0 spiro atoms. The third-order valence-electron chi connectivity index (χ3n) is 9.50. The quantitative estimate of drug-likeness (QED) is 0.201. The predicted octanol–water partition coefficient (Wildman–Crippen LogP) is 9.62. The number of guanidine groups is 1. The van der Waals surface area contributed by atoms with Crippen LogP contribution >= 0.6 is 0 Å². The van der Waals surface area contributed by atoms with Crippen molar-refractivity contribution in [2.24, 2.45) is 15.9 Å². The minimum Gasteiger partial charge on any atom is -0.322 e. The summed E-state index contributed by atoms with van der Waals surface area (Å²) >= 11 is 0. The molecule has 226 valence electrons. The van der Waals surface area contributed by atoms with E-state index < -0.39 is 0 Å². The van der Waals surface area contributed by atoms with Crippen LogP contribution in [0, 0.1) is 5.92 Å². The number of allylic oxidation sites excluding steroid dienone is 3. The Morgan fingerprint density at radius 1 is 0.660 bits per heavy atom. The van der Waals surface area contributed by atoms with E-state index in [2.05, 4.69) is 173 Å². The SMILES string of the molecule is CN1C(N2c3ccccc3-c3c(n(-c4ccccc4)c4ccccc34)-c3ccccc32)=NC(c2ccccc2)=NC1C1C=CC=CC1. The molecule has 0 N–H and O–H groups in total. The Morgan fingerprint density at radius 3 is 2.09 bits per heavy atom. The summed E-state index contributed by atoms with van der Waals surface area (Å²) in [5.41, 5.74) is 10.2. The van der Waals surface area contributed by atoms with E-state index in [4.69, 9.17) is 9.98 Å². The first kappa shape index (κ1) is 27.4. The van der Waals surface area contributed by atoms with E-state index in [9.17, 15) is 0 Å². The molecule has 3 heterocycles. The first-order valence-corrected chi connectivity index (χ1v) is 16.2. The number of nitrogens with zero attached hydrogens (tertiary/aromatic N) is 5. The van der Waals surface area contributed by atoms with E-state index in [0.717, 1.165) is 46.4 Å². The molecule has 2 unspecified atom stereocenters. The van der Waals surface area contributed by atoms with Crippen LogP contribution in [0.25, 0.3) is 39.0 Å². The van der Waals surface area contributed by atoms with Gasteiger partial charge in [-0.25, -0.2) is 4.99 Å². The Hall–Kier alpha value is -5.94. The summed E-state index contributed by atoms with van der Waals surface area (Å²) in [5, 5.41) is 1.22. The molecule has 0 fully saturated rings. The Bertz CT molecular complexity index is 2260. The van der Waals surface area contributed by atoms with Crippen molar-refractivity contribution in [3.8, 4) is 28.1 Å². The maximum Gasteiger partial charge on any atom is 0.214 e. The van der Waals surface area contributed by atoms with E-state index in [0.29, 0.717) is 0 Å². The fraction of sp³-hybridized carbons (Fsp3) is 0.0952. The highest BCUT2D eigenvalue weighted by Crippen LogP contribution is 2.52. The third kappa shape index (κ3) is 4.38. The van der Waals surface area contributed by atoms with Crippen molar-refractivity contribution in [1.29, 1.82) is 0 Å². The second kappa shape index (κ2) is 11.1. The molecule has 5 aromatic carbocycles. The van der Waals surface area contributed by atoms with Crippen molar-refractivity contribution in [2.45, 2.75) is 12.6 Å². The summed E-state index contributed by atoms with van der Waals surface area (Å²) in [4.78, 5) is 15.3. The summed E-state index contributed by atoms with van der Waals surface area (Å²) in [6.07, 6.45) is 9.60. The molecule has 0 bridgehead atoms. The van der Waals surface area contributed by atoms with Crippen LogP contribution in [-0.2, 0) is 0 Å². The van der Waals surface area contributed by atoms with Gasteiger partial charge in [-0.05, 0) is 36.8 Å². The monoisotopic (exact) mass is 607 g/mol. The zero-order chi connectivity index (χ0) is 31.3. The van der Waals surface area contributed by atoms with Crippen LogP contribution in [0.15, 0.2) is 168 Å². The second-order valence-corrected chi connectivity index (χ2v) is 12.2. The number of benzene rings is 5. The van der Waals surface area contributed by atoms with Crippen LogP contribution in [0.3, 0.4) is 0 Å². The molecular weight excluding hydrogens is 574 g/mol. The molecule has 1 aliphatic carbocycles. The van der Waals surface area contributed by atoms with Gasteiger partial charge in [-0.15, -0.1) is 0 Å². The average molecular weight is 608 g/mol. The fourth-order valence-corrected chi connectivity index (χ4v) is 7.38. The van der Waals surface area contributed by atoms with Crippen molar-refractivity contribution < 1.29 is 0 Å². The Labute approximate surface area is 274 Å². The van der Waals surface area contributed by atoms with Crippen LogP contribution in [0.5, 0.6) is 0 Å². The summed E-state index contributed by atoms with van der Waals surface area (Å²) < 4.78 is 2.43. The summed E-state index contributed by atoms with van der Waals surface area (Å²) in [6.45, 7) is 0. The maximum absolute atomic E-state index is 5.40. The molecule has 47 heavy (non-hydrogen) atoms. The molecule has 1 aromatic heterocycles. The van der Waals surface area contributed by atoms with Crippen molar-refractivity contribution in [2.75, 3.05) is 11.9 Å². The minimum absolute atomic E-state index is 0.122. The lowest BCUT2D eigenvalue weighted by Gasteiger charge is -2.40. The molecule has 5 heteroatoms. The number of para-hydroxylation sites is 4. The number of hydrogen-bond acceptors (Lipinski definition) is 4. The van der Waals surface area contributed by atoms with Crippen LogP contribution in [0.4, 0.5) is 11.4 Å². The maximum atomic E-state index is 5.40. The van der Waals surface area contributed by atoms with Crippen LogP contribution in [0.2, 0.25) is 0 Å². The summed E-state index contributed by atoms with van der Waals surface area (Å²) in [6, 6.07) is 47.4. The predicted molar refractivity (Wildman–Crippen MR) is 195 cm³/mol. The van der Waals surface area contributed by atoms with Gasteiger partial charge in [0.25, 0.3) is 0 Å². The zero-order valence-electron chi connectivity index (χ0n) is 26.1. The Kier molecular flexibility index (Phi) is 6.49. The molecule has 3 aliphatic rings. The number of amidine groups is 1. The van der Waals surface area contributed by atoms with Gasteiger partial charge in [-0.2, -0.15) is 4.99 Å². The number of hydrogen-bond donors (Lipinski definition) is 0. The molecule has 0 saturated heterocycles. The molecule has 5 nitrogen and oxygen atoms in total. The van der Waals surface area contributed by atoms with Crippen molar-refractivity contribution in [3.05, 3.63) is 163 Å². The molecule has 0 radical (unpaired) electrons. The van der Waals surface area contributed by atoms with Gasteiger partial charge in [0.2, 0.25) is 5.96 Å². The molecular formula is C42H33N5. The van der Waals surface area contributed by atoms with Crippen LogP contribution < -0.4 is 4.90 Å². The molecule has 0 amide bonds. The van der Waals surface area contributed by atoms with Crippen LogP contribution in [0.1, 0.15) is 12.0 Å². The highest BCUT2D eigenvalue weighted by atomic mass is 15.4. The van der Waals surface area contributed by atoms with Gasteiger partial charge in [0.1, 0.15) is 6.17 Å². The highest BCUT2D eigenvalue weighted by Gasteiger charge is 2.38. The van der Waals surface area contributed by atoms with Crippen LogP contribution in [-0.4, -0.2) is 34.5 Å². The number of aromatic nitrogens is 1. The van der Waals surface area contributed by atoms with Gasteiger partial charge in [0.15, 0.2) is 5.84 Å². The van der Waals surface area contributed by atoms with Gasteiger partial charge in [0, 0.05) is 46.3 Å². The molecule has 0 saturated carbocycles. The molecule has 9 rings (SSSR count). The van der Waals surface area contributed by atoms with Gasteiger partial charge >= 0.3 is 0 Å². The molecule has 2 aliphatic heterocycles. The van der Waals surface area contributed by atoms with Gasteiger partial charge in [-0.1, -0.05) is 127 Å². The Balaban J connectivity index is 1.34. The average Bonchev–Trinajstić information content (AvgIpc) is 3.43. The van der Waals surface area contributed by atoms with E-state index in [1.807, 2.05) is 6.07 Å². The normalized spacial score (nSPS) is 18.2. The largest absolute Gasteiger partial charge is 0.322 e. The summed E-state index contributed by atoms with van der Waals surface area (Å²) in [5.74, 6) is 1.82. The Morgan fingerprint density at radius 2 is 1.32 bits per heavy atom. The fourth-order valence-electron chi connectivity index (χ4n) is 7.38. The first-order chi connectivity index (χ1) is 23.3. The first-order valence-electron chi connectivity index (χ1n) is 16.2. The highest BCUT2D eigenvalue weighted by molar-refractivity contribution is 6.20. The topological polar surface area (TPSA) is 36.1 Å². The summed E-state index contributed by atoms with van der Waals surface area (Å²) in [7, 11) is 2.14.